The van der Waals surface area contributed by atoms with E-state index in [1.807, 2.05) is 36.5 Å². The quantitative estimate of drug-likeness (QED) is 0.720. The normalized spacial score (nSPS) is 17.8. The average molecular weight is 334 g/mol. The van der Waals surface area contributed by atoms with E-state index in [9.17, 15) is 4.79 Å². The van der Waals surface area contributed by atoms with Gasteiger partial charge < -0.3 is 9.47 Å². The molecule has 0 spiro atoms. The first-order valence-corrected chi connectivity index (χ1v) is 8.76. The summed E-state index contributed by atoms with van der Waals surface area (Å²) in [5.41, 5.74) is 3.62. The van der Waals surface area contributed by atoms with Gasteiger partial charge in [-0.1, -0.05) is 11.6 Å². The zero-order chi connectivity index (χ0) is 17.4. The largest absolute Gasteiger partial charge is 0.337 e. The molecule has 1 aliphatic heterocycles. The number of likely N-dealkylation sites (tertiary alicyclic amines) is 1. The average Bonchev–Trinajstić information content (AvgIpc) is 3.16. The number of hydrogen-bond acceptors (Lipinski definition) is 3. The Balaban J connectivity index is 1.63. The van der Waals surface area contributed by atoms with Crippen LogP contribution in [0.25, 0.3) is 10.9 Å². The van der Waals surface area contributed by atoms with Crippen LogP contribution in [0, 0.1) is 13.8 Å². The third-order valence-electron chi connectivity index (χ3n) is 5.02. The van der Waals surface area contributed by atoms with Crippen LogP contribution in [0.3, 0.4) is 0 Å². The summed E-state index contributed by atoms with van der Waals surface area (Å²) in [5, 5.41) is 1.03. The lowest BCUT2D eigenvalue weighted by molar-refractivity contribution is 0.0678. The van der Waals surface area contributed by atoms with E-state index in [0.29, 0.717) is 11.6 Å². The molecule has 1 atom stereocenters. The van der Waals surface area contributed by atoms with Gasteiger partial charge in [0.15, 0.2) is 0 Å². The molecule has 5 heteroatoms. The third kappa shape index (κ3) is 3.02. The first-order valence-electron chi connectivity index (χ1n) is 8.76. The minimum atomic E-state index is 0.0817. The van der Waals surface area contributed by atoms with Crippen molar-refractivity contribution in [2.24, 2.45) is 0 Å². The summed E-state index contributed by atoms with van der Waals surface area (Å²) in [6.45, 7) is 5.50. The predicted molar refractivity (Wildman–Crippen MR) is 97.6 cm³/mol. The highest BCUT2D eigenvalue weighted by atomic mass is 16.2. The van der Waals surface area contributed by atoms with Crippen molar-refractivity contribution in [3.8, 4) is 0 Å². The van der Waals surface area contributed by atoms with Crippen molar-refractivity contribution in [3.05, 3.63) is 59.8 Å². The highest BCUT2D eigenvalue weighted by Crippen LogP contribution is 2.25. The Morgan fingerprint density at radius 1 is 1.24 bits per heavy atom. The summed E-state index contributed by atoms with van der Waals surface area (Å²) in [5.74, 6) is 0.0817. The fourth-order valence-corrected chi connectivity index (χ4v) is 3.65. The molecule has 25 heavy (non-hydrogen) atoms. The maximum absolute atomic E-state index is 13.1. The molecule has 1 fully saturated rings. The maximum atomic E-state index is 13.1. The number of rotatable bonds is 2. The number of imidazole rings is 1. The van der Waals surface area contributed by atoms with Crippen molar-refractivity contribution in [2.75, 3.05) is 13.1 Å². The van der Waals surface area contributed by atoms with E-state index in [4.69, 9.17) is 0 Å². The monoisotopic (exact) mass is 334 g/mol. The number of pyridine rings is 1. The molecule has 0 N–H and O–H groups in total. The Kier molecular flexibility index (Phi) is 3.99. The topological polar surface area (TPSA) is 51.0 Å². The van der Waals surface area contributed by atoms with Crippen LogP contribution in [0.5, 0.6) is 0 Å². The zero-order valence-corrected chi connectivity index (χ0v) is 14.6. The third-order valence-corrected chi connectivity index (χ3v) is 5.02. The van der Waals surface area contributed by atoms with Gasteiger partial charge in [0, 0.05) is 30.9 Å². The van der Waals surface area contributed by atoms with Crippen LogP contribution in [0.15, 0.2) is 43.0 Å². The Hall–Kier alpha value is -2.69. The van der Waals surface area contributed by atoms with Crippen molar-refractivity contribution in [2.45, 2.75) is 32.7 Å². The molecule has 1 saturated heterocycles. The van der Waals surface area contributed by atoms with Crippen LogP contribution < -0.4 is 0 Å². The number of hydrogen-bond donors (Lipinski definition) is 0. The first kappa shape index (κ1) is 15.8. The summed E-state index contributed by atoms with van der Waals surface area (Å²) in [6.07, 6.45) is 7.69. The van der Waals surface area contributed by atoms with Gasteiger partial charge in [0.25, 0.3) is 5.91 Å². The molecule has 0 aliphatic carbocycles. The maximum Gasteiger partial charge on any atom is 0.255 e. The number of benzene rings is 1. The van der Waals surface area contributed by atoms with Crippen LogP contribution in [-0.2, 0) is 0 Å². The number of carbonyl (C=O) groups is 1. The van der Waals surface area contributed by atoms with Crippen LogP contribution >= 0.6 is 0 Å². The molecular weight excluding hydrogens is 312 g/mol. The SMILES string of the molecule is Cc1ccc2nc(C)c(C(=O)N3CCCC(n4ccnc4)C3)cc2c1. The lowest BCUT2D eigenvalue weighted by atomic mass is 10.0. The highest BCUT2D eigenvalue weighted by Gasteiger charge is 2.26. The van der Waals surface area contributed by atoms with Crippen LogP contribution in [0.4, 0.5) is 0 Å². The number of amides is 1. The van der Waals surface area contributed by atoms with Crippen molar-refractivity contribution in [1.82, 2.24) is 19.4 Å². The highest BCUT2D eigenvalue weighted by molar-refractivity contribution is 5.98. The van der Waals surface area contributed by atoms with Crippen LogP contribution in [0.1, 0.15) is 40.5 Å². The lowest BCUT2D eigenvalue weighted by Gasteiger charge is -2.33. The molecule has 128 valence electrons. The molecule has 0 bridgehead atoms. The number of fused-ring (bicyclic) bond motifs is 1. The summed E-state index contributed by atoms with van der Waals surface area (Å²) >= 11 is 0. The van der Waals surface area contributed by atoms with Crippen molar-refractivity contribution < 1.29 is 4.79 Å². The minimum absolute atomic E-state index is 0.0817. The Morgan fingerprint density at radius 3 is 2.92 bits per heavy atom. The second-order valence-electron chi connectivity index (χ2n) is 6.87. The molecule has 2 aromatic heterocycles. The molecule has 3 heterocycles. The first-order chi connectivity index (χ1) is 12.1. The van der Waals surface area contributed by atoms with E-state index in [2.05, 4.69) is 33.6 Å². The molecule has 1 aliphatic rings. The van der Waals surface area contributed by atoms with E-state index in [1.165, 1.54) is 5.56 Å². The smallest absolute Gasteiger partial charge is 0.255 e. The molecule has 0 radical (unpaired) electrons. The molecular formula is C20H22N4O. The summed E-state index contributed by atoms with van der Waals surface area (Å²) in [7, 11) is 0. The number of aryl methyl sites for hydroxylation is 2. The fourth-order valence-electron chi connectivity index (χ4n) is 3.65. The second-order valence-corrected chi connectivity index (χ2v) is 6.87. The van der Waals surface area contributed by atoms with Gasteiger partial charge in [0.2, 0.25) is 0 Å². The predicted octanol–water partition coefficient (Wildman–Crippen LogP) is 3.53. The van der Waals surface area contributed by atoms with Gasteiger partial charge in [-0.3, -0.25) is 9.78 Å². The van der Waals surface area contributed by atoms with E-state index in [-0.39, 0.29) is 5.91 Å². The van der Waals surface area contributed by atoms with E-state index in [1.54, 1.807) is 6.20 Å². The number of nitrogens with zero attached hydrogens (tertiary/aromatic N) is 4. The van der Waals surface area contributed by atoms with Gasteiger partial charge in [0.1, 0.15) is 0 Å². The van der Waals surface area contributed by atoms with Crippen LogP contribution in [0.2, 0.25) is 0 Å². The number of aromatic nitrogens is 3. The van der Waals surface area contributed by atoms with Crippen molar-refractivity contribution in [3.63, 3.8) is 0 Å². The fraction of sp³-hybridized carbons (Fsp3) is 0.350. The van der Waals surface area contributed by atoms with E-state index in [0.717, 1.165) is 42.5 Å². The summed E-state index contributed by atoms with van der Waals surface area (Å²) in [6, 6.07) is 8.45. The van der Waals surface area contributed by atoms with Gasteiger partial charge in [-0.15, -0.1) is 0 Å². The van der Waals surface area contributed by atoms with Crippen LogP contribution in [-0.4, -0.2) is 38.4 Å². The molecule has 4 rings (SSSR count). The molecule has 1 unspecified atom stereocenters. The number of piperidine rings is 1. The second kappa shape index (κ2) is 6.31. The van der Waals surface area contributed by atoms with Crippen molar-refractivity contribution in [1.29, 1.82) is 0 Å². The summed E-state index contributed by atoms with van der Waals surface area (Å²) < 4.78 is 2.11. The number of carbonyl (C=O) groups excluding carboxylic acids is 1. The molecule has 0 saturated carbocycles. The lowest BCUT2D eigenvalue weighted by Crippen LogP contribution is -2.40. The molecule has 5 nitrogen and oxygen atoms in total. The van der Waals surface area contributed by atoms with Gasteiger partial charge in [-0.25, -0.2) is 4.98 Å². The van der Waals surface area contributed by atoms with Gasteiger partial charge in [0.05, 0.1) is 29.1 Å². The van der Waals surface area contributed by atoms with E-state index >= 15 is 0 Å². The van der Waals surface area contributed by atoms with Gasteiger partial charge >= 0.3 is 0 Å². The Labute approximate surface area is 147 Å². The van der Waals surface area contributed by atoms with Crippen molar-refractivity contribution >= 4 is 16.8 Å². The Morgan fingerprint density at radius 2 is 2.12 bits per heavy atom. The Bertz CT molecular complexity index is 917. The van der Waals surface area contributed by atoms with E-state index < -0.39 is 0 Å². The van der Waals surface area contributed by atoms with Gasteiger partial charge in [-0.05, 0) is 44.9 Å². The molecule has 1 aromatic carbocycles. The minimum Gasteiger partial charge on any atom is -0.337 e. The standard InChI is InChI=1S/C20H22N4O/c1-14-5-6-19-16(10-14)11-18(15(2)22-19)20(25)23-8-3-4-17(12-23)24-9-7-21-13-24/h5-7,9-11,13,17H,3-4,8,12H2,1-2H3. The molecule has 3 aromatic rings. The van der Waals surface area contributed by atoms with Gasteiger partial charge in [-0.2, -0.15) is 0 Å². The molecule has 1 amide bonds. The summed E-state index contributed by atoms with van der Waals surface area (Å²) in [4.78, 5) is 23.9. The zero-order valence-electron chi connectivity index (χ0n) is 14.6.